The van der Waals surface area contributed by atoms with Crippen LogP contribution in [0.3, 0.4) is 0 Å². The molecule has 1 aromatic rings. The fraction of sp³-hybridized carbons (Fsp3) is 0.556. The van der Waals surface area contributed by atoms with E-state index in [2.05, 4.69) is 9.97 Å². The third-order valence-electron chi connectivity index (χ3n) is 2.27. The lowest BCUT2D eigenvalue weighted by atomic mass is 9.85. The number of hydrogen-bond acceptors (Lipinski definition) is 2. The summed E-state index contributed by atoms with van der Waals surface area (Å²) in [5, 5.41) is 0. The van der Waals surface area contributed by atoms with Crippen molar-refractivity contribution < 1.29 is 0 Å². The van der Waals surface area contributed by atoms with E-state index in [0.29, 0.717) is 5.92 Å². The molecule has 2 nitrogen and oxygen atoms in total. The van der Waals surface area contributed by atoms with Crippen LogP contribution in [0.15, 0.2) is 12.4 Å². The zero-order valence-corrected chi connectivity index (χ0v) is 6.75. The molecular formula is C9H12N2. The normalized spacial score (nSPS) is 17.9. The van der Waals surface area contributed by atoms with Crippen LogP contribution in [0.5, 0.6) is 0 Å². The van der Waals surface area contributed by atoms with Crippen LogP contribution in [-0.4, -0.2) is 9.97 Å². The fourth-order valence-corrected chi connectivity index (χ4v) is 1.28. The van der Waals surface area contributed by atoms with Crippen LogP contribution >= 0.6 is 0 Å². The van der Waals surface area contributed by atoms with Crippen LogP contribution in [0.2, 0.25) is 0 Å². The van der Waals surface area contributed by atoms with Crippen LogP contribution in [0.25, 0.3) is 0 Å². The highest BCUT2D eigenvalue weighted by Gasteiger charge is 2.21. The summed E-state index contributed by atoms with van der Waals surface area (Å²) in [6, 6.07) is 0. The van der Waals surface area contributed by atoms with E-state index >= 15 is 0 Å². The van der Waals surface area contributed by atoms with Crippen LogP contribution in [0, 0.1) is 6.92 Å². The van der Waals surface area contributed by atoms with Gasteiger partial charge in [0.2, 0.25) is 0 Å². The molecule has 1 aliphatic carbocycles. The Labute approximate surface area is 66.7 Å². The monoisotopic (exact) mass is 148 g/mol. The maximum absolute atomic E-state index is 4.29. The molecule has 1 saturated carbocycles. The summed E-state index contributed by atoms with van der Waals surface area (Å²) in [6.45, 7) is 2.02. The minimum atomic E-state index is 0.663. The predicted molar refractivity (Wildman–Crippen MR) is 43.4 cm³/mol. The molecule has 11 heavy (non-hydrogen) atoms. The number of aromatic nitrogens is 2. The number of nitrogens with zero attached hydrogens (tertiary/aromatic N) is 2. The lowest BCUT2D eigenvalue weighted by Gasteiger charge is -2.23. The second-order valence-electron chi connectivity index (χ2n) is 3.25. The molecule has 1 heterocycles. The van der Waals surface area contributed by atoms with Gasteiger partial charge in [-0.3, -0.25) is 0 Å². The van der Waals surface area contributed by atoms with Gasteiger partial charge >= 0.3 is 0 Å². The van der Waals surface area contributed by atoms with E-state index in [1.165, 1.54) is 19.3 Å². The van der Waals surface area contributed by atoms with Gasteiger partial charge in [0, 0.05) is 18.3 Å². The first kappa shape index (κ1) is 6.77. The van der Waals surface area contributed by atoms with E-state index in [1.54, 1.807) is 0 Å². The van der Waals surface area contributed by atoms with E-state index in [-0.39, 0.29) is 0 Å². The first-order chi connectivity index (χ1) is 5.36. The van der Waals surface area contributed by atoms with Gasteiger partial charge in [-0.1, -0.05) is 6.42 Å². The Morgan fingerprint density at radius 2 is 1.91 bits per heavy atom. The van der Waals surface area contributed by atoms with Crippen molar-refractivity contribution in [2.75, 3.05) is 0 Å². The lowest BCUT2D eigenvalue weighted by Crippen LogP contribution is -2.12. The zero-order chi connectivity index (χ0) is 7.68. The van der Waals surface area contributed by atoms with Gasteiger partial charge < -0.3 is 0 Å². The summed E-state index contributed by atoms with van der Waals surface area (Å²) in [5.41, 5.74) is 1.15. The predicted octanol–water partition coefficient (Wildman–Crippen LogP) is 2.05. The van der Waals surface area contributed by atoms with Crippen LogP contribution in [0.1, 0.15) is 36.6 Å². The highest BCUT2D eigenvalue weighted by molar-refractivity contribution is 5.06. The molecule has 1 aliphatic rings. The average Bonchev–Trinajstić information content (AvgIpc) is 1.90. The molecule has 0 radical (unpaired) electrons. The van der Waals surface area contributed by atoms with Crippen LogP contribution < -0.4 is 0 Å². The molecule has 58 valence electrons. The van der Waals surface area contributed by atoms with Crippen LogP contribution in [0.4, 0.5) is 0 Å². The molecule has 0 spiro atoms. The Bertz CT molecular complexity index is 236. The Kier molecular flexibility index (Phi) is 1.60. The van der Waals surface area contributed by atoms with E-state index < -0.39 is 0 Å². The molecule has 0 saturated heterocycles. The van der Waals surface area contributed by atoms with E-state index in [1.807, 2.05) is 19.3 Å². The first-order valence-electron chi connectivity index (χ1n) is 4.15. The highest BCUT2D eigenvalue weighted by Crippen LogP contribution is 2.33. The highest BCUT2D eigenvalue weighted by atomic mass is 14.9. The molecule has 0 bridgehead atoms. The molecule has 2 heteroatoms. The van der Waals surface area contributed by atoms with Crippen molar-refractivity contribution in [3.63, 3.8) is 0 Å². The lowest BCUT2D eigenvalue weighted by molar-refractivity contribution is 0.401. The summed E-state index contributed by atoms with van der Waals surface area (Å²) in [5.74, 6) is 1.71. The molecule has 1 aromatic heterocycles. The van der Waals surface area contributed by atoms with Gasteiger partial charge in [-0.25, -0.2) is 9.97 Å². The third kappa shape index (κ3) is 1.25. The topological polar surface area (TPSA) is 25.8 Å². The standard InChI is InChI=1S/C9H12N2/c1-7-5-10-9(11-6-7)8-3-2-4-8/h5-6,8H,2-4H2,1H3. The molecular weight excluding hydrogens is 136 g/mol. The molecule has 1 fully saturated rings. The van der Waals surface area contributed by atoms with E-state index in [0.717, 1.165) is 11.4 Å². The SMILES string of the molecule is Cc1cnc(C2CCC2)nc1. The van der Waals surface area contributed by atoms with Crippen molar-refractivity contribution in [2.24, 2.45) is 0 Å². The van der Waals surface area contributed by atoms with Gasteiger partial charge in [0.1, 0.15) is 5.82 Å². The van der Waals surface area contributed by atoms with Crippen molar-refractivity contribution >= 4 is 0 Å². The fourth-order valence-electron chi connectivity index (χ4n) is 1.28. The third-order valence-corrected chi connectivity index (χ3v) is 2.27. The Balaban J connectivity index is 2.18. The summed E-state index contributed by atoms with van der Waals surface area (Å²) in [7, 11) is 0. The van der Waals surface area contributed by atoms with Crippen molar-refractivity contribution in [3.8, 4) is 0 Å². The summed E-state index contributed by atoms with van der Waals surface area (Å²) < 4.78 is 0. The molecule has 0 aliphatic heterocycles. The largest absolute Gasteiger partial charge is 0.241 e. The molecule has 0 N–H and O–H groups in total. The number of aryl methyl sites for hydroxylation is 1. The summed E-state index contributed by atoms with van der Waals surface area (Å²) in [4.78, 5) is 8.58. The molecule has 0 aromatic carbocycles. The minimum absolute atomic E-state index is 0.663. The smallest absolute Gasteiger partial charge is 0.131 e. The van der Waals surface area contributed by atoms with Gasteiger partial charge in [0.15, 0.2) is 0 Å². The molecule has 0 atom stereocenters. The number of rotatable bonds is 1. The van der Waals surface area contributed by atoms with E-state index in [9.17, 15) is 0 Å². The van der Waals surface area contributed by atoms with Crippen molar-refractivity contribution in [1.29, 1.82) is 0 Å². The number of hydrogen-bond donors (Lipinski definition) is 0. The summed E-state index contributed by atoms with van der Waals surface area (Å²) in [6.07, 6.45) is 7.72. The minimum Gasteiger partial charge on any atom is -0.241 e. The van der Waals surface area contributed by atoms with Gasteiger partial charge in [-0.05, 0) is 25.3 Å². The Morgan fingerprint density at radius 3 is 2.36 bits per heavy atom. The van der Waals surface area contributed by atoms with E-state index in [4.69, 9.17) is 0 Å². The quantitative estimate of drug-likeness (QED) is 0.609. The van der Waals surface area contributed by atoms with Crippen molar-refractivity contribution in [1.82, 2.24) is 9.97 Å². The summed E-state index contributed by atoms with van der Waals surface area (Å²) >= 11 is 0. The molecule has 0 amide bonds. The maximum Gasteiger partial charge on any atom is 0.131 e. The van der Waals surface area contributed by atoms with Gasteiger partial charge in [0.25, 0.3) is 0 Å². The van der Waals surface area contributed by atoms with Crippen molar-refractivity contribution in [2.45, 2.75) is 32.1 Å². The van der Waals surface area contributed by atoms with Gasteiger partial charge in [-0.15, -0.1) is 0 Å². The van der Waals surface area contributed by atoms with Gasteiger partial charge in [0.05, 0.1) is 0 Å². The molecule has 0 unspecified atom stereocenters. The second kappa shape index (κ2) is 2.61. The average molecular weight is 148 g/mol. The van der Waals surface area contributed by atoms with Gasteiger partial charge in [-0.2, -0.15) is 0 Å². The zero-order valence-electron chi connectivity index (χ0n) is 6.75. The second-order valence-corrected chi connectivity index (χ2v) is 3.25. The van der Waals surface area contributed by atoms with Crippen LogP contribution in [-0.2, 0) is 0 Å². The van der Waals surface area contributed by atoms with Crippen molar-refractivity contribution in [3.05, 3.63) is 23.8 Å². The Morgan fingerprint density at radius 1 is 1.27 bits per heavy atom. The Hall–Kier alpha value is -0.920. The maximum atomic E-state index is 4.29. The molecule has 2 rings (SSSR count). The first-order valence-corrected chi connectivity index (χ1v) is 4.15.